The van der Waals surface area contributed by atoms with E-state index in [1.54, 1.807) is 0 Å². The lowest BCUT2D eigenvalue weighted by Crippen LogP contribution is -2.64. The average molecular weight is 795 g/mol. The van der Waals surface area contributed by atoms with Gasteiger partial charge in [0, 0.05) is 12.8 Å². The maximum atomic E-state index is 12.8. The largest absolute Gasteiger partial charge is 0.472 e. The molecule has 0 aromatic rings. The summed E-state index contributed by atoms with van der Waals surface area (Å²) in [5.41, 5.74) is 0. The summed E-state index contributed by atoms with van der Waals surface area (Å²) in [5.74, 6) is -1.11. The van der Waals surface area contributed by atoms with Gasteiger partial charge in [-0.2, -0.15) is 0 Å². The number of carbonyl (C=O) groups excluding carboxylic acids is 2. The summed E-state index contributed by atoms with van der Waals surface area (Å²) >= 11 is 0. The fourth-order valence-electron chi connectivity index (χ4n) is 6.40. The van der Waals surface area contributed by atoms with Crippen LogP contribution in [-0.4, -0.2) is 98.3 Å². The number of aliphatic hydroxyl groups excluding tert-OH is 5. The monoisotopic (exact) mass is 794 g/mol. The van der Waals surface area contributed by atoms with E-state index < -0.39 is 75.7 Å². The van der Waals surface area contributed by atoms with Crippen molar-refractivity contribution in [2.45, 2.75) is 217 Å². The zero-order chi connectivity index (χ0) is 40.0. The highest BCUT2D eigenvalue weighted by Gasteiger charge is 2.51. The van der Waals surface area contributed by atoms with Crippen LogP contribution in [0.25, 0.3) is 0 Å². The molecule has 0 aliphatic heterocycles. The van der Waals surface area contributed by atoms with Crippen molar-refractivity contribution in [1.29, 1.82) is 0 Å². The van der Waals surface area contributed by atoms with Gasteiger partial charge in [0.2, 0.25) is 0 Å². The van der Waals surface area contributed by atoms with Crippen LogP contribution >= 0.6 is 7.82 Å². The molecule has 1 fully saturated rings. The topological polar surface area (TPSA) is 210 Å². The van der Waals surface area contributed by atoms with Crippen molar-refractivity contribution < 1.29 is 63.1 Å². The fraction of sp³-hybridized carbons (Fsp3) is 0.900. The van der Waals surface area contributed by atoms with Crippen molar-refractivity contribution in [3.05, 3.63) is 12.2 Å². The highest BCUT2D eigenvalue weighted by Crippen LogP contribution is 2.47. The highest BCUT2D eigenvalue weighted by molar-refractivity contribution is 7.47. The Labute approximate surface area is 324 Å². The Morgan fingerprint density at radius 2 is 0.944 bits per heavy atom. The molecule has 14 heteroatoms. The van der Waals surface area contributed by atoms with E-state index in [4.69, 9.17) is 18.5 Å². The van der Waals surface area contributed by atoms with Crippen molar-refractivity contribution in [1.82, 2.24) is 0 Å². The summed E-state index contributed by atoms with van der Waals surface area (Å²) in [7, 11) is -5.11. The van der Waals surface area contributed by atoms with Crippen molar-refractivity contribution in [3.63, 3.8) is 0 Å². The average Bonchev–Trinajstić information content (AvgIpc) is 3.15. The number of rotatable bonds is 34. The normalized spacial score (nSPS) is 23.3. The highest BCUT2D eigenvalue weighted by atomic mass is 31.2. The first-order chi connectivity index (χ1) is 25.9. The molecule has 0 spiro atoms. The summed E-state index contributed by atoms with van der Waals surface area (Å²) in [5, 5.41) is 50.0. The minimum absolute atomic E-state index is 0.0899. The van der Waals surface area contributed by atoms with E-state index in [-0.39, 0.29) is 12.8 Å². The fourth-order valence-corrected chi connectivity index (χ4v) is 7.37. The molecule has 0 amide bonds. The Kier molecular flexibility index (Phi) is 29.7. The van der Waals surface area contributed by atoms with Crippen LogP contribution in [0.3, 0.4) is 0 Å². The van der Waals surface area contributed by atoms with Gasteiger partial charge in [0.1, 0.15) is 43.2 Å². The van der Waals surface area contributed by atoms with Crippen LogP contribution < -0.4 is 0 Å². The predicted molar refractivity (Wildman–Crippen MR) is 207 cm³/mol. The molecular formula is C40H75O13P. The molecule has 0 saturated heterocycles. The summed E-state index contributed by atoms with van der Waals surface area (Å²) in [6, 6.07) is 0. The summed E-state index contributed by atoms with van der Waals surface area (Å²) in [6.45, 7) is 3.25. The number of aliphatic hydroxyl groups is 5. The summed E-state index contributed by atoms with van der Waals surface area (Å²) in [4.78, 5) is 35.5. The quantitative estimate of drug-likeness (QED) is 0.0166. The third kappa shape index (κ3) is 24.3. The molecular weight excluding hydrogens is 719 g/mol. The molecule has 8 atom stereocenters. The van der Waals surface area contributed by atoms with Gasteiger partial charge in [0.15, 0.2) is 6.10 Å². The Morgan fingerprint density at radius 1 is 0.556 bits per heavy atom. The number of phosphoric ester groups is 1. The van der Waals surface area contributed by atoms with Crippen LogP contribution in [0.5, 0.6) is 0 Å². The van der Waals surface area contributed by atoms with Gasteiger partial charge in [-0.15, -0.1) is 0 Å². The molecule has 0 aromatic heterocycles. The van der Waals surface area contributed by atoms with Crippen LogP contribution in [0.4, 0.5) is 0 Å². The van der Waals surface area contributed by atoms with Gasteiger partial charge >= 0.3 is 19.8 Å². The number of hydrogen-bond acceptors (Lipinski definition) is 12. The lowest BCUT2D eigenvalue weighted by Gasteiger charge is -2.41. The number of carbonyl (C=O) groups is 2. The van der Waals surface area contributed by atoms with E-state index in [9.17, 15) is 44.6 Å². The van der Waals surface area contributed by atoms with Crippen LogP contribution in [0.15, 0.2) is 12.2 Å². The number of phosphoric acid groups is 1. The summed E-state index contributed by atoms with van der Waals surface area (Å²) in [6.07, 6.45) is 17.1. The van der Waals surface area contributed by atoms with Gasteiger partial charge in [0.25, 0.3) is 0 Å². The molecule has 13 nitrogen and oxygen atoms in total. The SMILES string of the molecule is CCCCC/C=C\CCCCCCCC(=O)O[C@H](COC(=O)CCCCCCCCCCCCCCC)COP(=O)(O)OC1C(O)C(O)C(O)[C@@H](O)C1O. The Morgan fingerprint density at radius 3 is 1.44 bits per heavy atom. The van der Waals surface area contributed by atoms with E-state index >= 15 is 0 Å². The maximum Gasteiger partial charge on any atom is 0.472 e. The molecule has 1 saturated carbocycles. The first-order valence-corrected chi connectivity index (χ1v) is 22.5. The van der Waals surface area contributed by atoms with E-state index in [1.165, 1.54) is 77.0 Å². The maximum absolute atomic E-state index is 12.8. The number of unbranched alkanes of at least 4 members (excludes halogenated alkanes) is 20. The molecule has 54 heavy (non-hydrogen) atoms. The van der Waals surface area contributed by atoms with Crippen LogP contribution in [0.1, 0.15) is 174 Å². The van der Waals surface area contributed by atoms with E-state index in [2.05, 4.69) is 26.0 Å². The van der Waals surface area contributed by atoms with Crippen molar-refractivity contribution in [3.8, 4) is 0 Å². The standard InChI is InChI=1S/C40H75O13P/c1-3-5-7-9-11-13-15-17-19-20-22-24-26-28-33(41)50-30-32(52-34(42)29-27-25-23-21-18-16-14-12-10-8-6-4-2)31-51-54(48,49)53-40-38(46)36(44)35(43)37(45)39(40)47/h12,14,32,35-40,43-47H,3-11,13,15-31H2,1-2H3,(H,48,49)/b14-12-/t32-,35?,36-,37?,38?,39?,40?/m1/s1. The Balaban J connectivity index is 2.51. The first kappa shape index (κ1) is 50.6. The molecule has 1 aliphatic rings. The number of hydrogen-bond donors (Lipinski definition) is 6. The lowest BCUT2D eigenvalue weighted by atomic mass is 9.85. The van der Waals surface area contributed by atoms with Gasteiger partial charge < -0.3 is 39.9 Å². The Hall–Kier alpha value is -1.41. The van der Waals surface area contributed by atoms with Gasteiger partial charge in [-0.25, -0.2) is 4.57 Å². The van der Waals surface area contributed by atoms with Crippen molar-refractivity contribution >= 4 is 19.8 Å². The van der Waals surface area contributed by atoms with Crippen LogP contribution in [0, 0.1) is 0 Å². The summed E-state index contributed by atoms with van der Waals surface area (Å²) < 4.78 is 33.4. The van der Waals surface area contributed by atoms with Crippen molar-refractivity contribution in [2.75, 3.05) is 13.2 Å². The van der Waals surface area contributed by atoms with E-state index in [1.807, 2.05) is 0 Å². The number of allylic oxidation sites excluding steroid dienone is 2. The van der Waals surface area contributed by atoms with Gasteiger partial charge in [-0.1, -0.05) is 135 Å². The number of ether oxygens (including phenoxy) is 2. The third-order valence-corrected chi connectivity index (χ3v) is 10.8. The van der Waals surface area contributed by atoms with E-state index in [0.717, 1.165) is 57.8 Å². The molecule has 0 aromatic carbocycles. The Bertz CT molecular complexity index is 1010. The molecule has 1 rings (SSSR count). The predicted octanol–water partition coefficient (Wildman–Crippen LogP) is 7.11. The minimum Gasteiger partial charge on any atom is -0.462 e. The third-order valence-electron chi connectivity index (χ3n) is 9.86. The van der Waals surface area contributed by atoms with Gasteiger partial charge in [-0.3, -0.25) is 18.6 Å². The molecule has 318 valence electrons. The second kappa shape index (κ2) is 31.6. The molecule has 0 radical (unpaired) electrons. The number of esters is 2. The van der Waals surface area contributed by atoms with Crippen molar-refractivity contribution in [2.24, 2.45) is 0 Å². The lowest BCUT2D eigenvalue weighted by molar-refractivity contribution is -0.220. The smallest absolute Gasteiger partial charge is 0.462 e. The second-order valence-corrected chi connectivity index (χ2v) is 16.3. The van der Waals surface area contributed by atoms with Gasteiger partial charge in [0.05, 0.1) is 6.61 Å². The minimum atomic E-state index is -5.11. The van der Waals surface area contributed by atoms with Gasteiger partial charge in [-0.05, 0) is 38.5 Å². The molecule has 0 bridgehead atoms. The molecule has 6 unspecified atom stereocenters. The van der Waals surface area contributed by atoms with Crippen LogP contribution in [0.2, 0.25) is 0 Å². The zero-order valence-corrected chi connectivity index (χ0v) is 34.2. The molecule has 0 heterocycles. The molecule has 1 aliphatic carbocycles. The second-order valence-electron chi connectivity index (χ2n) is 14.8. The molecule has 6 N–H and O–H groups in total. The van der Waals surface area contributed by atoms with E-state index in [0.29, 0.717) is 12.8 Å². The van der Waals surface area contributed by atoms with Crippen LogP contribution in [-0.2, 0) is 32.7 Å². The zero-order valence-electron chi connectivity index (χ0n) is 33.3. The first-order valence-electron chi connectivity index (χ1n) is 21.0.